The Morgan fingerprint density at radius 1 is 1.17 bits per heavy atom. The number of carbonyl (C=O) groups is 1. The highest BCUT2D eigenvalue weighted by atomic mass is 16.6. The highest BCUT2D eigenvalue weighted by molar-refractivity contribution is 5.95. The van der Waals surface area contributed by atoms with Crippen molar-refractivity contribution in [2.75, 3.05) is 24.3 Å². The van der Waals surface area contributed by atoms with Crippen molar-refractivity contribution < 1.29 is 9.72 Å². The summed E-state index contributed by atoms with van der Waals surface area (Å²) in [5.41, 5.74) is 0.820. The Kier molecular flexibility index (Phi) is 6.26. The summed E-state index contributed by atoms with van der Waals surface area (Å²) in [5.74, 6) is 1.18. The molecule has 154 valence electrons. The Hall–Kier alpha value is -3.23. The monoisotopic (exact) mass is 398 g/mol. The predicted molar refractivity (Wildman–Crippen MR) is 111 cm³/mol. The van der Waals surface area contributed by atoms with Gasteiger partial charge in [-0.25, -0.2) is 4.98 Å². The average Bonchev–Trinajstić information content (AvgIpc) is 2.69. The molecule has 1 aromatic carbocycles. The van der Waals surface area contributed by atoms with E-state index in [2.05, 4.69) is 20.6 Å². The molecule has 1 aliphatic carbocycles. The lowest BCUT2D eigenvalue weighted by atomic mass is 9.91. The molecule has 0 saturated heterocycles. The van der Waals surface area contributed by atoms with Gasteiger partial charge in [0.15, 0.2) is 0 Å². The van der Waals surface area contributed by atoms with Crippen molar-refractivity contribution in [3.63, 3.8) is 0 Å². The number of carbonyl (C=O) groups excluding carboxylic acids is 1. The van der Waals surface area contributed by atoms with Crippen LogP contribution >= 0.6 is 0 Å². The molecule has 9 heteroatoms. The van der Waals surface area contributed by atoms with Crippen LogP contribution in [0.1, 0.15) is 41.6 Å². The number of aromatic nitrogens is 2. The highest BCUT2D eigenvalue weighted by Gasteiger charge is 2.24. The number of benzene rings is 1. The van der Waals surface area contributed by atoms with Crippen LogP contribution in [0.25, 0.3) is 0 Å². The number of amides is 1. The van der Waals surface area contributed by atoms with E-state index in [0.717, 1.165) is 31.5 Å². The van der Waals surface area contributed by atoms with E-state index in [4.69, 9.17) is 0 Å². The van der Waals surface area contributed by atoms with Gasteiger partial charge in [0.25, 0.3) is 11.6 Å². The van der Waals surface area contributed by atoms with Crippen molar-refractivity contribution >= 4 is 23.4 Å². The van der Waals surface area contributed by atoms with Gasteiger partial charge in [-0.2, -0.15) is 4.98 Å². The van der Waals surface area contributed by atoms with Gasteiger partial charge in [0.1, 0.15) is 5.82 Å². The lowest BCUT2D eigenvalue weighted by molar-refractivity contribution is -0.385. The molecule has 3 rings (SSSR count). The van der Waals surface area contributed by atoms with Crippen LogP contribution < -0.4 is 15.5 Å². The lowest BCUT2D eigenvalue weighted by Gasteiger charge is -2.29. The van der Waals surface area contributed by atoms with E-state index in [1.165, 1.54) is 6.07 Å². The quantitative estimate of drug-likeness (QED) is 0.568. The molecule has 2 N–H and O–H groups in total. The zero-order valence-electron chi connectivity index (χ0n) is 16.9. The fourth-order valence-electron chi connectivity index (χ4n) is 3.45. The minimum atomic E-state index is -0.462. The summed E-state index contributed by atoms with van der Waals surface area (Å²) < 4.78 is 0. The van der Waals surface area contributed by atoms with Crippen LogP contribution in [0.3, 0.4) is 0 Å². The van der Waals surface area contributed by atoms with Gasteiger partial charge >= 0.3 is 0 Å². The molecular weight excluding hydrogens is 372 g/mol. The Morgan fingerprint density at radius 2 is 1.86 bits per heavy atom. The van der Waals surface area contributed by atoms with Crippen LogP contribution in [0.4, 0.5) is 17.5 Å². The first-order valence-corrected chi connectivity index (χ1v) is 9.66. The van der Waals surface area contributed by atoms with E-state index >= 15 is 0 Å². The molecule has 0 unspecified atom stereocenters. The molecule has 1 heterocycles. The minimum absolute atomic E-state index is 0.0366. The average molecular weight is 398 g/mol. The second-order valence-corrected chi connectivity index (χ2v) is 7.56. The van der Waals surface area contributed by atoms with E-state index in [1.54, 1.807) is 25.3 Å². The maximum Gasteiger partial charge on any atom is 0.273 e. The van der Waals surface area contributed by atoms with E-state index < -0.39 is 4.92 Å². The molecule has 1 aliphatic rings. The van der Waals surface area contributed by atoms with E-state index in [0.29, 0.717) is 17.1 Å². The molecule has 1 saturated carbocycles. The largest absolute Gasteiger partial charge is 0.363 e. The molecule has 1 amide bonds. The van der Waals surface area contributed by atoms with Gasteiger partial charge in [0.2, 0.25) is 5.95 Å². The SMILES string of the molecule is Cc1ccc(C(=O)N[C@H]2CC[C@@H](Nc3nccc(N(C)C)n3)CC2)cc1[N+](=O)[O-]. The van der Waals surface area contributed by atoms with Crippen molar-refractivity contribution in [3.8, 4) is 0 Å². The van der Waals surface area contributed by atoms with E-state index in [-0.39, 0.29) is 23.7 Å². The fourth-order valence-corrected chi connectivity index (χ4v) is 3.45. The smallest absolute Gasteiger partial charge is 0.273 e. The summed E-state index contributed by atoms with van der Waals surface area (Å²) in [6, 6.07) is 6.73. The van der Waals surface area contributed by atoms with Gasteiger partial charge in [-0.15, -0.1) is 0 Å². The molecule has 1 fully saturated rings. The van der Waals surface area contributed by atoms with Gasteiger partial charge in [-0.3, -0.25) is 14.9 Å². The Labute approximate surface area is 169 Å². The Morgan fingerprint density at radius 3 is 2.52 bits per heavy atom. The predicted octanol–water partition coefficient (Wildman–Crippen LogP) is 2.91. The zero-order valence-corrected chi connectivity index (χ0v) is 16.9. The lowest BCUT2D eigenvalue weighted by Crippen LogP contribution is -2.40. The number of aryl methyl sites for hydroxylation is 1. The first-order valence-electron chi connectivity index (χ1n) is 9.66. The van der Waals surface area contributed by atoms with Crippen molar-refractivity contribution in [3.05, 3.63) is 51.7 Å². The number of anilines is 2. The van der Waals surface area contributed by atoms with Crippen LogP contribution in [0, 0.1) is 17.0 Å². The number of hydrogen-bond acceptors (Lipinski definition) is 7. The van der Waals surface area contributed by atoms with E-state index in [9.17, 15) is 14.9 Å². The summed E-state index contributed by atoms with van der Waals surface area (Å²) in [7, 11) is 3.87. The standard InChI is InChI=1S/C20H26N6O3/c1-13-4-5-14(12-17(13)26(28)29)19(27)22-15-6-8-16(9-7-15)23-20-21-11-10-18(24-20)25(2)3/h4-5,10-12,15-16H,6-9H2,1-3H3,(H,22,27)(H,21,23,24)/t15-,16+. The molecular formula is C20H26N6O3. The Balaban J connectivity index is 1.53. The van der Waals surface area contributed by atoms with Gasteiger partial charge in [-0.1, -0.05) is 6.07 Å². The van der Waals surface area contributed by atoms with Crippen molar-refractivity contribution in [1.82, 2.24) is 15.3 Å². The zero-order chi connectivity index (χ0) is 21.0. The fraction of sp³-hybridized carbons (Fsp3) is 0.450. The number of nitrogens with one attached hydrogen (secondary N) is 2. The first-order chi connectivity index (χ1) is 13.8. The molecule has 0 aliphatic heterocycles. The van der Waals surface area contributed by atoms with Crippen molar-refractivity contribution in [2.45, 2.75) is 44.7 Å². The summed E-state index contributed by atoms with van der Waals surface area (Å²) in [6.07, 6.45) is 5.15. The van der Waals surface area contributed by atoms with Crippen molar-refractivity contribution in [2.24, 2.45) is 0 Å². The third-order valence-corrected chi connectivity index (χ3v) is 5.16. The van der Waals surface area contributed by atoms with Gasteiger partial charge in [0.05, 0.1) is 4.92 Å². The first kappa shape index (κ1) is 20.5. The van der Waals surface area contributed by atoms with Crippen molar-refractivity contribution in [1.29, 1.82) is 0 Å². The van der Waals surface area contributed by atoms with Crippen LogP contribution in [-0.2, 0) is 0 Å². The highest BCUT2D eigenvalue weighted by Crippen LogP contribution is 2.23. The molecule has 2 aromatic rings. The van der Waals surface area contributed by atoms with E-state index in [1.807, 2.05) is 25.1 Å². The number of nitro groups is 1. The summed E-state index contributed by atoms with van der Waals surface area (Å²) in [5, 5.41) is 17.5. The second-order valence-electron chi connectivity index (χ2n) is 7.56. The summed E-state index contributed by atoms with van der Waals surface area (Å²) in [4.78, 5) is 33.8. The van der Waals surface area contributed by atoms with Gasteiger partial charge in [0, 0.05) is 49.6 Å². The third-order valence-electron chi connectivity index (χ3n) is 5.16. The van der Waals surface area contributed by atoms with Crippen LogP contribution in [0.5, 0.6) is 0 Å². The number of nitrogens with zero attached hydrogens (tertiary/aromatic N) is 4. The second kappa shape index (κ2) is 8.85. The molecule has 29 heavy (non-hydrogen) atoms. The normalized spacial score (nSPS) is 18.7. The molecule has 0 atom stereocenters. The topological polar surface area (TPSA) is 113 Å². The molecule has 0 radical (unpaired) electrons. The molecule has 1 aromatic heterocycles. The minimum Gasteiger partial charge on any atom is -0.363 e. The molecule has 0 bridgehead atoms. The van der Waals surface area contributed by atoms with Gasteiger partial charge in [-0.05, 0) is 44.7 Å². The number of hydrogen-bond donors (Lipinski definition) is 2. The summed E-state index contributed by atoms with van der Waals surface area (Å²) >= 11 is 0. The molecule has 9 nitrogen and oxygen atoms in total. The van der Waals surface area contributed by atoms with Gasteiger partial charge < -0.3 is 15.5 Å². The van der Waals surface area contributed by atoms with Crippen LogP contribution in [0.15, 0.2) is 30.5 Å². The Bertz CT molecular complexity index is 894. The maximum absolute atomic E-state index is 12.5. The van der Waals surface area contributed by atoms with Crippen LogP contribution in [-0.4, -0.2) is 47.0 Å². The number of rotatable bonds is 6. The van der Waals surface area contributed by atoms with Crippen LogP contribution in [0.2, 0.25) is 0 Å². The molecule has 0 spiro atoms. The summed E-state index contributed by atoms with van der Waals surface area (Å²) in [6.45, 7) is 1.66. The number of nitro benzene ring substituents is 1. The third kappa shape index (κ3) is 5.18. The maximum atomic E-state index is 12.5.